The molecule has 1 heterocycles. The van der Waals surface area contributed by atoms with Gasteiger partial charge in [0.25, 0.3) is 0 Å². The maximum absolute atomic E-state index is 5.56. The zero-order valence-corrected chi connectivity index (χ0v) is 13.2. The molecule has 0 spiro atoms. The molecule has 1 aromatic heterocycles. The van der Waals surface area contributed by atoms with E-state index in [4.69, 9.17) is 9.84 Å². The normalized spacial score (nSPS) is 11.4. The lowest BCUT2D eigenvalue weighted by Gasteiger charge is -2.27. The maximum Gasteiger partial charge on any atom is 0.212 e. The minimum atomic E-state index is -0.292. The summed E-state index contributed by atoms with van der Waals surface area (Å²) in [6.45, 7) is 4.29. The highest BCUT2D eigenvalue weighted by atomic mass is 16.5. The molecule has 0 atom stereocenters. The van der Waals surface area contributed by atoms with Crippen molar-refractivity contribution in [2.45, 2.75) is 19.4 Å². The zero-order valence-electron chi connectivity index (χ0n) is 13.2. The maximum atomic E-state index is 5.56. The van der Waals surface area contributed by atoms with Crippen LogP contribution in [0.1, 0.15) is 19.4 Å². The number of hydrogen-bond donors (Lipinski definition) is 0. The molecule has 0 saturated heterocycles. The van der Waals surface area contributed by atoms with Crippen LogP contribution in [0, 0.1) is 0 Å². The molecule has 0 amide bonds. The smallest absolute Gasteiger partial charge is 0.212 e. The fourth-order valence-corrected chi connectivity index (χ4v) is 2.63. The van der Waals surface area contributed by atoms with Gasteiger partial charge in [0.05, 0.1) is 18.3 Å². The third-order valence-electron chi connectivity index (χ3n) is 3.97. The van der Waals surface area contributed by atoms with E-state index in [1.165, 1.54) is 5.56 Å². The molecule has 3 rings (SSSR count). The predicted octanol–water partition coefficient (Wildman–Crippen LogP) is 4.34. The highest BCUT2D eigenvalue weighted by Gasteiger charge is 2.27. The van der Waals surface area contributed by atoms with Crippen molar-refractivity contribution < 1.29 is 4.74 Å². The van der Waals surface area contributed by atoms with Crippen molar-refractivity contribution in [1.29, 1.82) is 0 Å². The third kappa shape index (κ3) is 2.50. The van der Waals surface area contributed by atoms with Crippen molar-refractivity contribution in [3.8, 4) is 17.1 Å². The molecule has 0 aliphatic rings. The van der Waals surface area contributed by atoms with Gasteiger partial charge in [-0.05, 0) is 19.4 Å². The van der Waals surface area contributed by atoms with Crippen LogP contribution in [0.15, 0.2) is 66.7 Å². The summed E-state index contributed by atoms with van der Waals surface area (Å²) in [4.78, 5) is 0. The average Bonchev–Trinajstić information content (AvgIpc) is 3.02. The largest absolute Gasteiger partial charge is 0.481 e. The second-order valence-electron chi connectivity index (χ2n) is 5.77. The van der Waals surface area contributed by atoms with Crippen LogP contribution in [0.3, 0.4) is 0 Å². The molecular weight excluding hydrogens is 272 g/mol. The Morgan fingerprint density at radius 2 is 1.50 bits per heavy atom. The molecule has 3 nitrogen and oxygen atoms in total. The highest BCUT2D eigenvalue weighted by molar-refractivity contribution is 5.60. The Kier molecular flexibility index (Phi) is 3.72. The van der Waals surface area contributed by atoms with E-state index in [1.807, 2.05) is 47.1 Å². The third-order valence-corrected chi connectivity index (χ3v) is 3.97. The second kappa shape index (κ2) is 5.68. The topological polar surface area (TPSA) is 27.1 Å². The van der Waals surface area contributed by atoms with Crippen LogP contribution >= 0.6 is 0 Å². The van der Waals surface area contributed by atoms with E-state index in [2.05, 4.69) is 38.1 Å². The van der Waals surface area contributed by atoms with Crippen LogP contribution in [-0.2, 0) is 5.54 Å². The van der Waals surface area contributed by atoms with Gasteiger partial charge in [-0.2, -0.15) is 5.10 Å². The number of aromatic nitrogens is 2. The summed E-state index contributed by atoms with van der Waals surface area (Å²) in [6.07, 6.45) is 0. The molecule has 112 valence electrons. The van der Waals surface area contributed by atoms with Gasteiger partial charge in [0.2, 0.25) is 5.88 Å². The van der Waals surface area contributed by atoms with Gasteiger partial charge in [0, 0.05) is 11.6 Å². The molecule has 0 bridgehead atoms. The number of ether oxygens (including phenoxy) is 1. The number of rotatable bonds is 4. The van der Waals surface area contributed by atoms with Gasteiger partial charge in [-0.3, -0.25) is 0 Å². The Hall–Kier alpha value is -2.55. The zero-order chi connectivity index (χ0) is 15.6. The SMILES string of the molecule is COc1cc(-c2ccccc2)nn1C(C)(C)c1ccccc1. The van der Waals surface area contributed by atoms with Gasteiger partial charge in [-0.15, -0.1) is 0 Å². The Morgan fingerprint density at radius 3 is 2.09 bits per heavy atom. The van der Waals surface area contributed by atoms with Gasteiger partial charge in [-0.25, -0.2) is 4.68 Å². The van der Waals surface area contributed by atoms with Crippen molar-refractivity contribution in [3.63, 3.8) is 0 Å². The van der Waals surface area contributed by atoms with Crippen LogP contribution < -0.4 is 4.74 Å². The number of nitrogens with zero attached hydrogens (tertiary/aromatic N) is 2. The fraction of sp³-hybridized carbons (Fsp3) is 0.211. The minimum Gasteiger partial charge on any atom is -0.481 e. The first-order valence-electron chi connectivity index (χ1n) is 7.38. The van der Waals surface area contributed by atoms with Crippen molar-refractivity contribution >= 4 is 0 Å². The first kappa shape index (κ1) is 14.4. The molecule has 0 saturated carbocycles. The van der Waals surface area contributed by atoms with Gasteiger partial charge in [-0.1, -0.05) is 60.7 Å². The van der Waals surface area contributed by atoms with E-state index >= 15 is 0 Å². The average molecular weight is 292 g/mol. The van der Waals surface area contributed by atoms with E-state index in [0.29, 0.717) is 0 Å². The van der Waals surface area contributed by atoms with E-state index in [1.54, 1.807) is 7.11 Å². The Bertz CT molecular complexity index is 746. The summed E-state index contributed by atoms with van der Waals surface area (Å²) >= 11 is 0. The van der Waals surface area contributed by atoms with Crippen LogP contribution in [0.2, 0.25) is 0 Å². The molecule has 0 N–H and O–H groups in total. The minimum absolute atomic E-state index is 0.292. The lowest BCUT2D eigenvalue weighted by atomic mass is 9.95. The van der Waals surface area contributed by atoms with Gasteiger partial charge >= 0.3 is 0 Å². The number of methoxy groups -OCH3 is 1. The standard InChI is InChI=1S/C19H20N2O/c1-19(2,16-12-8-5-9-13-16)21-18(22-3)14-17(20-21)15-10-6-4-7-11-15/h4-14H,1-3H3. The molecule has 0 aliphatic heterocycles. The lowest BCUT2D eigenvalue weighted by Crippen LogP contribution is -2.29. The van der Waals surface area contributed by atoms with Crippen molar-refractivity contribution in [1.82, 2.24) is 9.78 Å². The summed E-state index contributed by atoms with van der Waals surface area (Å²) in [5.74, 6) is 0.757. The summed E-state index contributed by atoms with van der Waals surface area (Å²) < 4.78 is 7.50. The molecule has 0 fully saturated rings. The van der Waals surface area contributed by atoms with Crippen molar-refractivity contribution in [2.24, 2.45) is 0 Å². The quantitative estimate of drug-likeness (QED) is 0.715. The number of hydrogen-bond acceptors (Lipinski definition) is 2. The predicted molar refractivity (Wildman–Crippen MR) is 89.1 cm³/mol. The Balaban J connectivity index is 2.09. The molecule has 0 radical (unpaired) electrons. The highest BCUT2D eigenvalue weighted by Crippen LogP contribution is 2.32. The monoisotopic (exact) mass is 292 g/mol. The molecule has 3 heteroatoms. The number of benzene rings is 2. The van der Waals surface area contributed by atoms with Crippen LogP contribution in [-0.4, -0.2) is 16.9 Å². The Morgan fingerprint density at radius 1 is 0.909 bits per heavy atom. The first-order chi connectivity index (χ1) is 10.6. The van der Waals surface area contributed by atoms with E-state index < -0.39 is 0 Å². The summed E-state index contributed by atoms with van der Waals surface area (Å²) in [5, 5.41) is 4.79. The lowest BCUT2D eigenvalue weighted by molar-refractivity contribution is 0.300. The van der Waals surface area contributed by atoms with E-state index in [9.17, 15) is 0 Å². The molecule has 0 aliphatic carbocycles. The fourth-order valence-electron chi connectivity index (χ4n) is 2.63. The van der Waals surface area contributed by atoms with E-state index in [0.717, 1.165) is 17.1 Å². The van der Waals surface area contributed by atoms with E-state index in [-0.39, 0.29) is 5.54 Å². The van der Waals surface area contributed by atoms with Crippen LogP contribution in [0.5, 0.6) is 5.88 Å². The first-order valence-corrected chi connectivity index (χ1v) is 7.38. The molecule has 22 heavy (non-hydrogen) atoms. The summed E-state index contributed by atoms with van der Waals surface area (Å²) in [6, 6.07) is 22.5. The second-order valence-corrected chi connectivity index (χ2v) is 5.77. The molecule has 3 aromatic rings. The van der Waals surface area contributed by atoms with Gasteiger partial charge in [0.1, 0.15) is 0 Å². The summed E-state index contributed by atoms with van der Waals surface area (Å²) in [7, 11) is 1.68. The molecule has 0 unspecified atom stereocenters. The molecular formula is C19H20N2O. The van der Waals surface area contributed by atoms with Gasteiger partial charge < -0.3 is 4.74 Å². The van der Waals surface area contributed by atoms with Crippen molar-refractivity contribution in [3.05, 3.63) is 72.3 Å². The Labute approximate surface area is 131 Å². The summed E-state index contributed by atoms with van der Waals surface area (Å²) in [5.41, 5.74) is 2.90. The van der Waals surface area contributed by atoms with Crippen LogP contribution in [0.4, 0.5) is 0 Å². The van der Waals surface area contributed by atoms with Gasteiger partial charge in [0.15, 0.2) is 0 Å². The molecule has 2 aromatic carbocycles. The van der Waals surface area contributed by atoms with Crippen LogP contribution in [0.25, 0.3) is 11.3 Å². The van der Waals surface area contributed by atoms with Crippen molar-refractivity contribution in [2.75, 3.05) is 7.11 Å².